The Morgan fingerprint density at radius 1 is 1.75 bits per heavy atom. The van der Waals surface area contributed by atoms with Crippen LogP contribution in [0.2, 0.25) is 5.32 Å². The van der Waals surface area contributed by atoms with Gasteiger partial charge >= 0.3 is 85.4 Å². The van der Waals surface area contributed by atoms with E-state index < -0.39 is 0 Å². The third-order valence-corrected chi connectivity index (χ3v) is 5.57. The Balaban J connectivity index is 1.88. The Morgan fingerprint density at radius 3 is 3.08 bits per heavy atom. The van der Waals surface area contributed by atoms with Gasteiger partial charge in [0.1, 0.15) is 0 Å². The zero-order valence-electron chi connectivity index (χ0n) is 7.54. The summed E-state index contributed by atoms with van der Waals surface area (Å²) in [5.41, 5.74) is 0. The van der Waals surface area contributed by atoms with Crippen molar-refractivity contribution in [3.05, 3.63) is 10.4 Å². The van der Waals surface area contributed by atoms with E-state index in [-0.39, 0.29) is 0 Å². The molecule has 70 valence electrons. The predicted molar refractivity (Wildman–Crippen MR) is 56.8 cm³/mol. The van der Waals surface area contributed by atoms with Crippen molar-refractivity contribution < 1.29 is 4.74 Å². The fraction of sp³-hybridized carbons (Fsp3) is 0.778. The molecular formula is C9H16OSSe. The number of thioether (sulfide) groups is 1. The van der Waals surface area contributed by atoms with Crippen LogP contribution in [0, 0.1) is 0 Å². The molecule has 1 unspecified atom stereocenters. The van der Waals surface area contributed by atoms with E-state index >= 15 is 0 Å². The number of hydrogen-bond acceptors (Lipinski definition) is 2. The van der Waals surface area contributed by atoms with Crippen LogP contribution in [-0.2, 0) is 4.74 Å². The molecule has 0 amide bonds. The monoisotopic (exact) mass is 252 g/mol. The second-order valence-electron chi connectivity index (χ2n) is 2.84. The molecule has 0 spiro atoms. The normalized spacial score (nSPS) is 20.9. The molecule has 0 aromatic heterocycles. The maximum atomic E-state index is 5.15. The molecule has 3 heteroatoms. The van der Waals surface area contributed by atoms with E-state index in [9.17, 15) is 0 Å². The Morgan fingerprint density at radius 2 is 2.50 bits per heavy atom. The molecule has 1 atom stereocenters. The van der Waals surface area contributed by atoms with Crippen molar-refractivity contribution in [2.45, 2.75) is 31.2 Å². The summed E-state index contributed by atoms with van der Waals surface area (Å²) in [5, 5.41) is 1.24. The Kier molecular flexibility index (Phi) is 5.40. The first-order valence-electron chi connectivity index (χ1n) is 4.39. The van der Waals surface area contributed by atoms with E-state index in [1.165, 1.54) is 27.7 Å². The molecule has 1 nitrogen and oxygen atoms in total. The van der Waals surface area contributed by atoms with Crippen molar-refractivity contribution in [2.75, 3.05) is 12.4 Å². The minimum atomic E-state index is 0.591. The van der Waals surface area contributed by atoms with Crippen molar-refractivity contribution in [1.82, 2.24) is 0 Å². The van der Waals surface area contributed by atoms with Crippen LogP contribution in [0.3, 0.4) is 0 Å². The van der Waals surface area contributed by atoms with Gasteiger partial charge in [-0.2, -0.15) is 0 Å². The summed E-state index contributed by atoms with van der Waals surface area (Å²) in [7, 11) is 0. The van der Waals surface area contributed by atoms with Crippen LogP contribution in [0.25, 0.3) is 0 Å². The fourth-order valence-corrected chi connectivity index (χ4v) is 4.05. The standard InChI is InChI=1S/C9H16OSSe/c1-3-4-5-11-8(2)12-7-9-6-10-9/h9H,2-7H2,1H3. The fourth-order valence-electron chi connectivity index (χ4n) is 0.722. The summed E-state index contributed by atoms with van der Waals surface area (Å²) in [6.45, 7) is 7.28. The number of epoxide rings is 1. The van der Waals surface area contributed by atoms with Crippen molar-refractivity contribution in [3.63, 3.8) is 0 Å². The number of hydrogen-bond donors (Lipinski definition) is 0. The van der Waals surface area contributed by atoms with Crippen molar-refractivity contribution in [1.29, 1.82) is 0 Å². The van der Waals surface area contributed by atoms with Gasteiger partial charge in [0.25, 0.3) is 0 Å². The number of unbranched alkanes of at least 4 members (excludes halogenated alkanes) is 1. The van der Waals surface area contributed by atoms with E-state index in [1.807, 2.05) is 11.8 Å². The summed E-state index contributed by atoms with van der Waals surface area (Å²) in [4.78, 5) is 0. The quantitative estimate of drug-likeness (QED) is 0.391. The average Bonchev–Trinajstić information content (AvgIpc) is 2.84. The molecule has 1 fully saturated rings. The maximum absolute atomic E-state index is 5.15. The van der Waals surface area contributed by atoms with Crippen LogP contribution >= 0.6 is 11.8 Å². The molecule has 1 rings (SSSR count). The van der Waals surface area contributed by atoms with Crippen LogP contribution in [0.1, 0.15) is 19.8 Å². The van der Waals surface area contributed by atoms with Crippen LogP contribution in [0.4, 0.5) is 0 Å². The third kappa shape index (κ3) is 5.26. The molecule has 1 saturated heterocycles. The third-order valence-electron chi connectivity index (χ3n) is 1.59. The van der Waals surface area contributed by atoms with Crippen molar-refractivity contribution >= 4 is 26.7 Å². The van der Waals surface area contributed by atoms with E-state index in [0.717, 1.165) is 6.61 Å². The first-order chi connectivity index (χ1) is 5.83. The van der Waals surface area contributed by atoms with E-state index in [2.05, 4.69) is 13.5 Å². The molecule has 0 aromatic rings. The zero-order chi connectivity index (χ0) is 8.81. The van der Waals surface area contributed by atoms with E-state index in [1.54, 1.807) is 0 Å². The Bertz CT molecular complexity index is 145. The molecule has 0 aliphatic carbocycles. The van der Waals surface area contributed by atoms with Gasteiger partial charge in [0.15, 0.2) is 0 Å². The van der Waals surface area contributed by atoms with Gasteiger partial charge in [-0.1, -0.05) is 0 Å². The minimum absolute atomic E-state index is 0.591. The number of ether oxygens (including phenoxy) is 1. The molecule has 0 radical (unpaired) electrons. The van der Waals surface area contributed by atoms with Gasteiger partial charge in [-0.3, -0.25) is 0 Å². The molecule has 12 heavy (non-hydrogen) atoms. The summed E-state index contributed by atoms with van der Waals surface area (Å²) >= 11 is 2.56. The second kappa shape index (κ2) is 6.09. The molecule has 1 aliphatic rings. The SMILES string of the molecule is C=C(SCCCC)[Se]CC1CO1. The second-order valence-corrected chi connectivity index (χ2v) is 6.95. The van der Waals surface area contributed by atoms with Crippen LogP contribution in [0.15, 0.2) is 10.4 Å². The van der Waals surface area contributed by atoms with Crippen LogP contribution in [-0.4, -0.2) is 33.4 Å². The average molecular weight is 251 g/mol. The van der Waals surface area contributed by atoms with Crippen molar-refractivity contribution in [3.8, 4) is 0 Å². The molecule has 1 heterocycles. The molecule has 0 saturated carbocycles. The molecule has 0 N–H and O–H groups in total. The number of rotatable bonds is 7. The van der Waals surface area contributed by atoms with Gasteiger partial charge in [0.05, 0.1) is 0 Å². The van der Waals surface area contributed by atoms with Gasteiger partial charge in [0.2, 0.25) is 0 Å². The van der Waals surface area contributed by atoms with Gasteiger partial charge < -0.3 is 0 Å². The summed E-state index contributed by atoms with van der Waals surface area (Å²) in [6.07, 6.45) is 3.20. The van der Waals surface area contributed by atoms with E-state index in [0.29, 0.717) is 21.1 Å². The van der Waals surface area contributed by atoms with Crippen molar-refractivity contribution in [2.24, 2.45) is 0 Å². The summed E-state index contributed by atoms with van der Waals surface area (Å²) in [6, 6.07) is 0. The predicted octanol–water partition coefficient (Wildman–Crippen LogP) is 2.51. The topological polar surface area (TPSA) is 12.5 Å². The van der Waals surface area contributed by atoms with Gasteiger partial charge in [0, 0.05) is 0 Å². The Hall–Kier alpha value is 0.569. The van der Waals surface area contributed by atoms with Crippen LogP contribution < -0.4 is 0 Å². The molecule has 0 aromatic carbocycles. The summed E-state index contributed by atoms with van der Waals surface area (Å²) < 4.78 is 6.54. The van der Waals surface area contributed by atoms with Gasteiger partial charge in [-0.25, -0.2) is 0 Å². The Labute approximate surface area is 85.5 Å². The first-order valence-corrected chi connectivity index (χ1v) is 7.44. The molecular weight excluding hydrogens is 235 g/mol. The molecule has 0 bridgehead atoms. The zero-order valence-corrected chi connectivity index (χ0v) is 10.1. The van der Waals surface area contributed by atoms with E-state index in [4.69, 9.17) is 4.74 Å². The molecule has 1 aliphatic heterocycles. The van der Waals surface area contributed by atoms with Crippen LogP contribution in [0.5, 0.6) is 0 Å². The summed E-state index contributed by atoms with van der Waals surface area (Å²) in [5.74, 6) is 1.25. The first kappa shape index (κ1) is 10.6. The van der Waals surface area contributed by atoms with Gasteiger partial charge in [-0.05, 0) is 0 Å². The van der Waals surface area contributed by atoms with Gasteiger partial charge in [-0.15, -0.1) is 0 Å².